The monoisotopic (exact) mass is 283 g/mol. The lowest BCUT2D eigenvalue weighted by Gasteiger charge is -2.38. The topological polar surface area (TPSA) is 49.8 Å². The summed E-state index contributed by atoms with van der Waals surface area (Å²) < 4.78 is 5.60. The average Bonchev–Trinajstić information content (AvgIpc) is 2.37. The van der Waals surface area contributed by atoms with Gasteiger partial charge < -0.3 is 14.7 Å². The van der Waals surface area contributed by atoms with E-state index in [2.05, 4.69) is 4.90 Å². The normalized spacial score (nSPS) is 23.5. The van der Waals surface area contributed by atoms with Crippen molar-refractivity contribution in [2.24, 2.45) is 0 Å². The molecule has 0 aliphatic carbocycles. The van der Waals surface area contributed by atoms with Gasteiger partial charge in [-0.2, -0.15) is 0 Å². The number of halogens is 1. The minimum Gasteiger partial charge on any atom is -0.394 e. The molecule has 1 saturated heterocycles. The molecule has 19 heavy (non-hydrogen) atoms. The maximum absolute atomic E-state index is 11.3. The Morgan fingerprint density at radius 2 is 2.26 bits per heavy atom. The molecule has 0 spiro atoms. The highest BCUT2D eigenvalue weighted by Crippen LogP contribution is 2.29. The number of ketones is 1. The van der Waals surface area contributed by atoms with Crippen molar-refractivity contribution in [1.82, 2.24) is 0 Å². The van der Waals surface area contributed by atoms with E-state index < -0.39 is 0 Å². The molecule has 1 aromatic rings. The van der Waals surface area contributed by atoms with Crippen LogP contribution in [0.4, 0.5) is 5.69 Å². The number of ether oxygens (including phenoxy) is 1. The molecule has 0 bridgehead atoms. The zero-order chi connectivity index (χ0) is 14.0. The molecule has 4 nitrogen and oxygen atoms in total. The summed E-state index contributed by atoms with van der Waals surface area (Å²) in [5, 5.41) is 9.78. The number of aliphatic hydroxyl groups excluding tert-OH is 1. The Balaban J connectivity index is 2.23. The predicted molar refractivity (Wildman–Crippen MR) is 75.1 cm³/mol. The average molecular weight is 284 g/mol. The van der Waals surface area contributed by atoms with Crippen molar-refractivity contribution in [2.45, 2.75) is 26.1 Å². The molecule has 104 valence electrons. The van der Waals surface area contributed by atoms with E-state index in [4.69, 9.17) is 16.3 Å². The second-order valence-electron chi connectivity index (χ2n) is 4.88. The first kappa shape index (κ1) is 14.3. The fourth-order valence-electron chi connectivity index (χ4n) is 2.33. The van der Waals surface area contributed by atoms with E-state index in [9.17, 15) is 9.90 Å². The van der Waals surface area contributed by atoms with Crippen LogP contribution in [0.2, 0.25) is 5.02 Å². The summed E-state index contributed by atoms with van der Waals surface area (Å²) in [6.07, 6.45) is -0.165. The lowest BCUT2D eigenvalue weighted by Crippen LogP contribution is -2.48. The molecule has 0 aromatic heterocycles. The largest absolute Gasteiger partial charge is 0.394 e. The van der Waals surface area contributed by atoms with Gasteiger partial charge in [-0.15, -0.1) is 0 Å². The Kier molecular flexibility index (Phi) is 4.45. The van der Waals surface area contributed by atoms with E-state index in [0.717, 1.165) is 12.2 Å². The summed E-state index contributed by atoms with van der Waals surface area (Å²) in [5.41, 5.74) is 1.48. The Morgan fingerprint density at radius 3 is 2.84 bits per heavy atom. The number of carbonyl (C=O) groups is 1. The van der Waals surface area contributed by atoms with E-state index in [1.165, 1.54) is 6.92 Å². The highest BCUT2D eigenvalue weighted by molar-refractivity contribution is 6.33. The van der Waals surface area contributed by atoms with Crippen LogP contribution in [0.5, 0.6) is 0 Å². The van der Waals surface area contributed by atoms with E-state index in [0.29, 0.717) is 17.1 Å². The minimum atomic E-state index is -0.202. The molecule has 1 aliphatic rings. The van der Waals surface area contributed by atoms with Gasteiger partial charge in [0, 0.05) is 18.7 Å². The zero-order valence-corrected chi connectivity index (χ0v) is 11.9. The lowest BCUT2D eigenvalue weighted by atomic mass is 10.1. The van der Waals surface area contributed by atoms with Crippen LogP contribution in [-0.2, 0) is 4.74 Å². The van der Waals surface area contributed by atoms with Crippen LogP contribution >= 0.6 is 11.6 Å². The maximum atomic E-state index is 11.3. The van der Waals surface area contributed by atoms with Gasteiger partial charge in [0.2, 0.25) is 0 Å². The second-order valence-corrected chi connectivity index (χ2v) is 5.29. The first-order chi connectivity index (χ1) is 9.01. The van der Waals surface area contributed by atoms with Gasteiger partial charge in [0.05, 0.1) is 29.5 Å². The van der Waals surface area contributed by atoms with E-state index in [1.807, 2.05) is 13.0 Å². The van der Waals surface area contributed by atoms with Crippen molar-refractivity contribution in [3.63, 3.8) is 0 Å². The van der Waals surface area contributed by atoms with Crippen LogP contribution in [0.25, 0.3) is 0 Å². The molecule has 2 atom stereocenters. The highest BCUT2D eigenvalue weighted by atomic mass is 35.5. The SMILES string of the molecule is CC(=O)c1ccc(N2CC(C)OC(CO)C2)c(Cl)c1. The molecular weight excluding hydrogens is 266 g/mol. The standard InChI is InChI=1S/C14H18ClNO3/c1-9-6-16(7-12(8-17)19-9)14-4-3-11(10(2)18)5-13(14)15/h3-5,9,12,17H,6-8H2,1-2H3. The number of anilines is 1. The van der Waals surface area contributed by atoms with Gasteiger partial charge in [0.25, 0.3) is 0 Å². The molecule has 5 heteroatoms. The van der Waals surface area contributed by atoms with Crippen molar-refractivity contribution < 1.29 is 14.6 Å². The van der Waals surface area contributed by atoms with Gasteiger partial charge in [-0.3, -0.25) is 4.79 Å². The summed E-state index contributed by atoms with van der Waals surface area (Å²) >= 11 is 6.25. The van der Waals surface area contributed by atoms with Crippen LogP contribution < -0.4 is 4.90 Å². The van der Waals surface area contributed by atoms with Gasteiger partial charge >= 0.3 is 0 Å². The number of morpholine rings is 1. The number of Topliss-reactive ketones (excluding diaryl/α,β-unsaturated/α-hetero) is 1. The van der Waals surface area contributed by atoms with Gasteiger partial charge in [0.15, 0.2) is 5.78 Å². The molecule has 0 radical (unpaired) electrons. The fourth-order valence-corrected chi connectivity index (χ4v) is 2.63. The minimum absolute atomic E-state index is 0.00275. The zero-order valence-electron chi connectivity index (χ0n) is 11.1. The fraction of sp³-hybridized carbons (Fsp3) is 0.500. The van der Waals surface area contributed by atoms with Crippen LogP contribution in [0.3, 0.4) is 0 Å². The predicted octanol–water partition coefficient (Wildman–Crippen LogP) is 2.13. The summed E-state index contributed by atoms with van der Waals surface area (Å²) in [7, 11) is 0. The van der Waals surface area contributed by atoms with Crippen molar-refractivity contribution in [2.75, 3.05) is 24.6 Å². The van der Waals surface area contributed by atoms with E-state index >= 15 is 0 Å². The number of benzene rings is 1. The lowest BCUT2D eigenvalue weighted by molar-refractivity contribution is -0.0421. The van der Waals surface area contributed by atoms with Crippen LogP contribution in [0.1, 0.15) is 24.2 Å². The highest BCUT2D eigenvalue weighted by Gasteiger charge is 2.26. The van der Waals surface area contributed by atoms with Gasteiger partial charge in [-0.25, -0.2) is 0 Å². The maximum Gasteiger partial charge on any atom is 0.159 e. The molecule has 0 saturated carbocycles. The van der Waals surface area contributed by atoms with E-state index in [1.54, 1.807) is 12.1 Å². The van der Waals surface area contributed by atoms with Crippen molar-refractivity contribution in [1.29, 1.82) is 0 Å². The summed E-state index contributed by atoms with van der Waals surface area (Å²) in [6.45, 7) is 4.79. The van der Waals surface area contributed by atoms with E-state index in [-0.39, 0.29) is 24.6 Å². The third-order valence-corrected chi connectivity index (χ3v) is 3.53. The summed E-state index contributed by atoms with van der Waals surface area (Å²) in [5.74, 6) is -0.00275. The van der Waals surface area contributed by atoms with Crippen molar-refractivity contribution in [3.05, 3.63) is 28.8 Å². The third-order valence-electron chi connectivity index (χ3n) is 3.22. The second kappa shape index (κ2) is 5.90. The van der Waals surface area contributed by atoms with Crippen molar-refractivity contribution in [3.8, 4) is 0 Å². The molecule has 0 amide bonds. The molecule has 1 fully saturated rings. The van der Waals surface area contributed by atoms with Gasteiger partial charge in [-0.1, -0.05) is 11.6 Å². The quantitative estimate of drug-likeness (QED) is 0.864. The number of hydrogen-bond acceptors (Lipinski definition) is 4. The smallest absolute Gasteiger partial charge is 0.159 e. The number of hydrogen-bond donors (Lipinski definition) is 1. The number of aliphatic hydroxyl groups is 1. The van der Waals surface area contributed by atoms with Gasteiger partial charge in [0.1, 0.15) is 0 Å². The molecule has 1 aromatic carbocycles. The molecule has 2 rings (SSSR count). The molecule has 1 heterocycles. The molecular formula is C14H18ClNO3. The first-order valence-corrected chi connectivity index (χ1v) is 6.70. The van der Waals surface area contributed by atoms with Crippen LogP contribution in [0.15, 0.2) is 18.2 Å². The van der Waals surface area contributed by atoms with Crippen LogP contribution in [0, 0.1) is 0 Å². The summed E-state index contributed by atoms with van der Waals surface area (Å²) in [6, 6.07) is 5.32. The Morgan fingerprint density at radius 1 is 1.53 bits per heavy atom. The Labute approximate surface area is 117 Å². The first-order valence-electron chi connectivity index (χ1n) is 6.33. The van der Waals surface area contributed by atoms with Gasteiger partial charge in [-0.05, 0) is 32.0 Å². The molecule has 1 N–H and O–H groups in total. The molecule has 2 unspecified atom stereocenters. The van der Waals surface area contributed by atoms with Crippen molar-refractivity contribution >= 4 is 23.1 Å². The van der Waals surface area contributed by atoms with Crippen LogP contribution in [-0.4, -0.2) is 42.8 Å². The Hall–Kier alpha value is -1.10. The third kappa shape index (κ3) is 3.26. The number of rotatable bonds is 3. The summed E-state index contributed by atoms with van der Waals surface area (Å²) in [4.78, 5) is 13.4. The Bertz CT molecular complexity index is 478. The molecule has 1 aliphatic heterocycles. The number of nitrogens with zero attached hydrogens (tertiary/aromatic N) is 1. The number of carbonyl (C=O) groups excluding carboxylic acids is 1.